The molecular weight excluding hydrogens is 300 g/mol. The van der Waals surface area contributed by atoms with E-state index in [4.69, 9.17) is 9.63 Å². The average Bonchev–Trinajstić information content (AvgIpc) is 2.92. The molecule has 110 valence electrons. The number of nitrogens with one attached hydrogen (secondary N) is 1. The summed E-state index contributed by atoms with van der Waals surface area (Å²) in [5.41, 5.74) is 2.18. The lowest BCUT2D eigenvalue weighted by Gasteiger charge is -2.04. The zero-order valence-corrected chi connectivity index (χ0v) is 13.1. The normalized spacial score (nSPS) is 12.0. The number of sulfonamides is 1. The molecule has 2 rings (SSSR count). The summed E-state index contributed by atoms with van der Waals surface area (Å²) in [6, 6.07) is 1.56. The maximum atomic E-state index is 12.2. The molecule has 0 atom stereocenters. The largest absolute Gasteiger partial charge is 0.391 e. The number of aromatic nitrogens is 1. The Hall–Kier alpha value is -1.22. The van der Waals surface area contributed by atoms with Crippen molar-refractivity contribution in [3.05, 3.63) is 33.5 Å². The summed E-state index contributed by atoms with van der Waals surface area (Å²) in [6.07, 6.45) is 0. The first-order valence-electron chi connectivity index (χ1n) is 5.96. The van der Waals surface area contributed by atoms with E-state index in [1.54, 1.807) is 26.8 Å². The Morgan fingerprint density at radius 2 is 2.10 bits per heavy atom. The van der Waals surface area contributed by atoms with Crippen molar-refractivity contribution in [3.8, 4) is 0 Å². The second-order valence-corrected chi connectivity index (χ2v) is 7.59. The fourth-order valence-electron chi connectivity index (χ4n) is 1.77. The van der Waals surface area contributed by atoms with Crippen LogP contribution in [-0.4, -0.2) is 18.7 Å². The van der Waals surface area contributed by atoms with Gasteiger partial charge in [0.1, 0.15) is 9.97 Å². The average molecular weight is 316 g/mol. The van der Waals surface area contributed by atoms with Gasteiger partial charge in [0.15, 0.2) is 0 Å². The molecule has 0 radical (unpaired) electrons. The van der Waals surface area contributed by atoms with Gasteiger partial charge in [0.25, 0.3) is 0 Å². The van der Waals surface area contributed by atoms with Crippen molar-refractivity contribution in [1.82, 2.24) is 9.88 Å². The Morgan fingerprint density at radius 1 is 1.40 bits per heavy atom. The van der Waals surface area contributed by atoms with E-state index >= 15 is 0 Å². The van der Waals surface area contributed by atoms with Gasteiger partial charge in [0.2, 0.25) is 10.0 Å². The molecule has 2 heterocycles. The van der Waals surface area contributed by atoms with Gasteiger partial charge in [-0.2, -0.15) is 0 Å². The zero-order chi connectivity index (χ0) is 14.9. The third-order valence-corrected chi connectivity index (χ3v) is 6.12. The van der Waals surface area contributed by atoms with Gasteiger partial charge in [0.05, 0.1) is 12.3 Å². The van der Waals surface area contributed by atoms with Crippen molar-refractivity contribution in [1.29, 1.82) is 0 Å². The maximum Gasteiger partial charge on any atom is 0.250 e. The SMILES string of the molecule is Cc1cc(S(=O)(=O)NCc2c(C)noc2C)sc1CO. The van der Waals surface area contributed by atoms with Crippen LogP contribution in [0.15, 0.2) is 14.8 Å². The van der Waals surface area contributed by atoms with Crippen molar-refractivity contribution in [2.24, 2.45) is 0 Å². The van der Waals surface area contributed by atoms with Gasteiger partial charge in [-0.3, -0.25) is 0 Å². The highest BCUT2D eigenvalue weighted by Gasteiger charge is 2.20. The highest BCUT2D eigenvalue weighted by Crippen LogP contribution is 2.26. The number of aliphatic hydroxyl groups is 1. The second kappa shape index (κ2) is 5.65. The van der Waals surface area contributed by atoms with Crippen molar-refractivity contribution >= 4 is 21.4 Å². The van der Waals surface area contributed by atoms with Crippen molar-refractivity contribution in [3.63, 3.8) is 0 Å². The number of rotatable bonds is 5. The summed E-state index contributed by atoms with van der Waals surface area (Å²) in [6.45, 7) is 5.25. The summed E-state index contributed by atoms with van der Waals surface area (Å²) in [5.74, 6) is 0.601. The summed E-state index contributed by atoms with van der Waals surface area (Å²) >= 11 is 1.07. The van der Waals surface area contributed by atoms with Gasteiger partial charge in [-0.15, -0.1) is 11.3 Å². The quantitative estimate of drug-likeness (QED) is 0.874. The number of aliphatic hydroxyl groups excluding tert-OH is 1. The topological polar surface area (TPSA) is 92.4 Å². The van der Waals surface area contributed by atoms with Gasteiger partial charge in [-0.25, -0.2) is 13.1 Å². The van der Waals surface area contributed by atoms with Gasteiger partial charge in [-0.1, -0.05) is 5.16 Å². The second-order valence-electron chi connectivity index (χ2n) is 4.46. The molecule has 2 aromatic rings. The molecule has 2 N–H and O–H groups in total. The third kappa shape index (κ3) is 2.93. The van der Waals surface area contributed by atoms with Gasteiger partial charge in [0, 0.05) is 17.0 Å². The number of nitrogens with zero attached hydrogens (tertiary/aromatic N) is 1. The summed E-state index contributed by atoms with van der Waals surface area (Å²) in [4.78, 5) is 0.655. The highest BCUT2D eigenvalue weighted by atomic mass is 32.2. The molecule has 0 aromatic carbocycles. The fourth-order valence-corrected chi connectivity index (χ4v) is 4.26. The number of aryl methyl sites for hydroxylation is 3. The molecule has 0 saturated heterocycles. The molecule has 0 aliphatic carbocycles. The molecule has 20 heavy (non-hydrogen) atoms. The van der Waals surface area contributed by atoms with Crippen molar-refractivity contribution < 1.29 is 18.0 Å². The Labute approximate surface area is 121 Å². The Bertz CT molecular complexity index is 696. The minimum atomic E-state index is -3.59. The lowest BCUT2D eigenvalue weighted by molar-refractivity contribution is 0.285. The van der Waals surface area contributed by atoms with Crippen LogP contribution in [0.5, 0.6) is 0 Å². The van der Waals surface area contributed by atoms with Gasteiger partial charge >= 0.3 is 0 Å². The smallest absolute Gasteiger partial charge is 0.250 e. The molecule has 0 spiro atoms. The van der Waals surface area contributed by atoms with Crippen LogP contribution in [0.3, 0.4) is 0 Å². The van der Waals surface area contributed by atoms with Crippen molar-refractivity contribution in [2.75, 3.05) is 0 Å². The summed E-state index contributed by atoms with van der Waals surface area (Å²) in [7, 11) is -3.59. The number of hydrogen-bond donors (Lipinski definition) is 2. The van der Waals surface area contributed by atoms with Gasteiger partial charge < -0.3 is 9.63 Å². The van der Waals surface area contributed by atoms with Crippen LogP contribution in [0.1, 0.15) is 27.5 Å². The monoisotopic (exact) mass is 316 g/mol. The van der Waals surface area contributed by atoms with Crippen LogP contribution in [0.4, 0.5) is 0 Å². The van der Waals surface area contributed by atoms with Crippen molar-refractivity contribution in [2.45, 2.75) is 38.1 Å². The fraction of sp³-hybridized carbons (Fsp3) is 0.417. The lowest BCUT2D eigenvalue weighted by atomic mass is 10.2. The predicted molar refractivity (Wildman–Crippen MR) is 75.0 cm³/mol. The molecule has 8 heteroatoms. The minimum absolute atomic E-state index is 0.134. The van der Waals surface area contributed by atoms with Gasteiger partial charge in [-0.05, 0) is 32.4 Å². The first-order chi connectivity index (χ1) is 9.35. The first kappa shape index (κ1) is 15.2. The van der Waals surface area contributed by atoms with E-state index < -0.39 is 10.0 Å². The summed E-state index contributed by atoms with van der Waals surface area (Å²) in [5, 5.41) is 12.9. The summed E-state index contributed by atoms with van der Waals surface area (Å²) < 4.78 is 32.1. The Balaban J connectivity index is 2.19. The zero-order valence-electron chi connectivity index (χ0n) is 11.4. The molecule has 0 fully saturated rings. The molecule has 2 aromatic heterocycles. The highest BCUT2D eigenvalue weighted by molar-refractivity contribution is 7.91. The molecular formula is C12H16N2O4S2. The van der Waals surface area contributed by atoms with E-state index in [9.17, 15) is 8.42 Å². The molecule has 0 aliphatic rings. The predicted octanol–water partition coefficient (Wildman–Crippen LogP) is 1.63. The molecule has 0 amide bonds. The molecule has 0 bridgehead atoms. The molecule has 0 unspecified atom stereocenters. The van der Waals surface area contributed by atoms with E-state index in [1.165, 1.54) is 0 Å². The lowest BCUT2D eigenvalue weighted by Crippen LogP contribution is -2.22. The van der Waals surface area contributed by atoms with Crippen LogP contribution in [0.2, 0.25) is 0 Å². The Morgan fingerprint density at radius 3 is 2.60 bits per heavy atom. The van der Waals surface area contributed by atoms with Crippen LogP contribution in [0.25, 0.3) is 0 Å². The van der Waals surface area contributed by atoms with E-state index in [0.717, 1.165) is 22.5 Å². The Kier molecular flexibility index (Phi) is 4.28. The van der Waals surface area contributed by atoms with Crippen LogP contribution in [-0.2, 0) is 23.2 Å². The molecule has 6 nitrogen and oxygen atoms in total. The van der Waals surface area contributed by atoms with Crippen LogP contribution >= 0.6 is 11.3 Å². The minimum Gasteiger partial charge on any atom is -0.391 e. The van der Waals surface area contributed by atoms with E-state index in [-0.39, 0.29) is 17.4 Å². The van der Waals surface area contributed by atoms with E-state index in [2.05, 4.69) is 9.88 Å². The number of thiophene rings is 1. The van der Waals surface area contributed by atoms with Crippen LogP contribution < -0.4 is 4.72 Å². The first-order valence-corrected chi connectivity index (χ1v) is 8.26. The van der Waals surface area contributed by atoms with Crippen LogP contribution in [0, 0.1) is 20.8 Å². The standard InChI is InChI=1S/C12H16N2O4S2/c1-7-4-12(19-11(7)6-15)20(16,17)13-5-10-8(2)14-18-9(10)3/h4,13,15H,5-6H2,1-3H3. The van der Waals surface area contributed by atoms with E-state index in [1.807, 2.05) is 0 Å². The molecule has 0 aliphatic heterocycles. The molecule has 0 saturated carbocycles. The number of hydrogen-bond acceptors (Lipinski definition) is 6. The maximum absolute atomic E-state index is 12.2. The third-order valence-electron chi connectivity index (χ3n) is 3.03. The van der Waals surface area contributed by atoms with E-state index in [0.29, 0.717) is 16.3 Å².